The van der Waals surface area contributed by atoms with E-state index in [1.165, 1.54) is 30.5 Å². The largest absolute Gasteiger partial charge is 0.478 e. The molecule has 2 bridgehead atoms. The molecule has 0 spiro atoms. The molecule has 4 aliphatic rings. The second-order valence-corrected chi connectivity index (χ2v) is 9.99. The minimum Gasteiger partial charge on any atom is -0.478 e. The molecule has 1 fully saturated rings. The van der Waals surface area contributed by atoms with Crippen LogP contribution in [0, 0.1) is 22.0 Å². The van der Waals surface area contributed by atoms with Crippen LogP contribution in [0.4, 0.5) is 5.69 Å². The van der Waals surface area contributed by atoms with E-state index in [9.17, 15) is 29.6 Å². The lowest BCUT2D eigenvalue weighted by atomic mass is 9.55. The van der Waals surface area contributed by atoms with Gasteiger partial charge in [-0.05, 0) is 40.5 Å². The van der Waals surface area contributed by atoms with E-state index >= 15 is 0 Å². The van der Waals surface area contributed by atoms with Gasteiger partial charge in [-0.1, -0.05) is 48.5 Å². The number of benzene rings is 3. The predicted octanol–water partition coefficient (Wildman–Crippen LogP) is 4.78. The maximum absolute atomic E-state index is 13.7. The van der Waals surface area contributed by atoms with Gasteiger partial charge in [-0.25, -0.2) is 4.79 Å². The monoisotopic (exact) mass is 533 g/mol. The summed E-state index contributed by atoms with van der Waals surface area (Å²) in [6, 6.07) is 22.3. The Morgan fingerprint density at radius 1 is 0.875 bits per heavy atom. The molecule has 2 amide bonds. The first kappa shape index (κ1) is 23.7. The fourth-order valence-corrected chi connectivity index (χ4v) is 6.49. The summed E-state index contributed by atoms with van der Waals surface area (Å²) in [5.41, 5.74) is 3.74. The Morgan fingerprint density at radius 3 is 1.93 bits per heavy atom. The smallest absolute Gasteiger partial charge is 0.336 e. The Balaban J connectivity index is 1.21. The molecule has 2 atom stereocenters. The third kappa shape index (κ3) is 3.29. The van der Waals surface area contributed by atoms with Gasteiger partial charge in [0, 0.05) is 29.5 Å². The summed E-state index contributed by atoms with van der Waals surface area (Å²) in [6.45, 7) is 0. The van der Waals surface area contributed by atoms with Gasteiger partial charge in [0.2, 0.25) is 0 Å². The van der Waals surface area contributed by atoms with E-state index in [2.05, 4.69) is 5.10 Å². The number of carbonyl (C=O) groups excluding carboxylic acids is 2. The van der Waals surface area contributed by atoms with Crippen molar-refractivity contribution in [1.82, 2.24) is 5.01 Å². The number of nitro groups is 1. The van der Waals surface area contributed by atoms with Crippen molar-refractivity contribution in [3.05, 3.63) is 123 Å². The molecule has 0 saturated carbocycles. The minimum absolute atomic E-state index is 0.143. The number of furan rings is 1. The Bertz CT molecular complexity index is 1690. The van der Waals surface area contributed by atoms with Crippen LogP contribution in [0.1, 0.15) is 50.2 Å². The van der Waals surface area contributed by atoms with Crippen LogP contribution in [0.25, 0.3) is 11.3 Å². The van der Waals surface area contributed by atoms with Crippen molar-refractivity contribution in [3.63, 3.8) is 0 Å². The SMILES string of the molecule is O=C(O)c1cc([N+](=O)[O-])ccc1-c1ccc(/C=N\N2C(=O)[C@H]3C4c5ccccc5C(c5ccccc54)[C@@H]3C2=O)o1. The predicted molar refractivity (Wildman–Crippen MR) is 141 cm³/mol. The molecule has 0 radical (unpaired) electrons. The number of carboxylic acid groups (broad SMARTS) is 1. The average Bonchev–Trinajstić information content (AvgIpc) is 3.54. The zero-order valence-corrected chi connectivity index (χ0v) is 20.6. The number of hydrazone groups is 1. The van der Waals surface area contributed by atoms with Crippen molar-refractivity contribution in [2.45, 2.75) is 11.8 Å². The normalized spacial score (nSPS) is 22.4. The van der Waals surface area contributed by atoms with Crippen molar-refractivity contribution in [3.8, 4) is 11.3 Å². The Labute approximate surface area is 226 Å². The minimum atomic E-state index is -1.35. The van der Waals surface area contributed by atoms with Crippen LogP contribution in [0.5, 0.6) is 0 Å². The van der Waals surface area contributed by atoms with Crippen molar-refractivity contribution in [2.75, 3.05) is 0 Å². The van der Waals surface area contributed by atoms with E-state index in [-0.39, 0.29) is 52.0 Å². The number of non-ortho nitro benzene ring substituents is 1. The van der Waals surface area contributed by atoms with Gasteiger partial charge in [-0.3, -0.25) is 19.7 Å². The van der Waals surface area contributed by atoms with Gasteiger partial charge in [0.1, 0.15) is 11.5 Å². The zero-order valence-electron chi connectivity index (χ0n) is 20.6. The van der Waals surface area contributed by atoms with Crippen LogP contribution < -0.4 is 0 Å². The average molecular weight is 533 g/mol. The molecule has 1 saturated heterocycles. The number of imide groups is 1. The number of rotatable bonds is 5. The van der Waals surface area contributed by atoms with Crippen LogP contribution >= 0.6 is 0 Å². The lowest BCUT2D eigenvalue weighted by Crippen LogP contribution is -2.41. The van der Waals surface area contributed by atoms with Crippen LogP contribution in [0.15, 0.2) is 88.4 Å². The quantitative estimate of drug-likeness (QED) is 0.168. The topological polar surface area (TPSA) is 143 Å². The highest BCUT2D eigenvalue weighted by Gasteiger charge is 2.61. The summed E-state index contributed by atoms with van der Waals surface area (Å²) in [5, 5.41) is 25.8. The van der Waals surface area contributed by atoms with Crippen molar-refractivity contribution >= 4 is 29.7 Å². The molecule has 40 heavy (non-hydrogen) atoms. The molecule has 0 unspecified atom stereocenters. The first-order chi connectivity index (χ1) is 19.3. The van der Waals surface area contributed by atoms with Crippen molar-refractivity contribution in [1.29, 1.82) is 0 Å². The second kappa shape index (κ2) is 8.57. The van der Waals surface area contributed by atoms with Gasteiger partial charge in [0.15, 0.2) is 0 Å². The molecule has 1 aromatic heterocycles. The summed E-state index contributed by atoms with van der Waals surface area (Å²) in [4.78, 5) is 49.4. The molecule has 196 valence electrons. The number of amides is 2. The first-order valence-electron chi connectivity index (χ1n) is 12.6. The van der Waals surface area contributed by atoms with E-state index < -0.39 is 22.7 Å². The molecule has 1 N–H and O–H groups in total. The van der Waals surface area contributed by atoms with Gasteiger partial charge >= 0.3 is 5.97 Å². The molecular formula is C30H19N3O7. The van der Waals surface area contributed by atoms with Crippen molar-refractivity contribution in [2.24, 2.45) is 16.9 Å². The van der Waals surface area contributed by atoms with Gasteiger partial charge in [0.05, 0.1) is 28.5 Å². The number of hydrogen-bond donors (Lipinski definition) is 1. The Hall–Kier alpha value is -5.38. The number of aromatic carboxylic acids is 1. The third-order valence-electron chi connectivity index (χ3n) is 8.06. The van der Waals surface area contributed by atoms with Crippen LogP contribution in [-0.2, 0) is 9.59 Å². The van der Waals surface area contributed by atoms with E-state index in [0.29, 0.717) is 0 Å². The number of nitro benzene ring substituents is 1. The molecule has 1 aliphatic heterocycles. The Morgan fingerprint density at radius 2 is 1.43 bits per heavy atom. The number of hydrogen-bond acceptors (Lipinski definition) is 7. The lowest BCUT2D eigenvalue weighted by Gasteiger charge is -2.45. The standard InChI is InChI=1S/C30H19N3O7/c34-28-26-24-18-5-1-2-6-19(18)25(21-8-4-3-7-20(21)24)27(26)29(35)32(28)31-14-16-10-12-23(40-16)17-11-9-15(33(38)39)13-22(17)30(36)37/h1-14,24-27H,(H,36,37)/b31-14-/t24?,25?,26-,27-/m0/s1. The summed E-state index contributed by atoms with van der Waals surface area (Å²) in [5.74, 6) is -3.40. The van der Waals surface area contributed by atoms with E-state index in [1.54, 1.807) is 0 Å². The number of nitrogens with zero attached hydrogens (tertiary/aromatic N) is 3. The summed E-state index contributed by atoms with van der Waals surface area (Å²) in [7, 11) is 0. The highest BCUT2D eigenvalue weighted by Crippen LogP contribution is 2.60. The second-order valence-electron chi connectivity index (χ2n) is 9.99. The van der Waals surface area contributed by atoms with Crippen LogP contribution in [0.3, 0.4) is 0 Å². The van der Waals surface area contributed by atoms with Gasteiger partial charge < -0.3 is 9.52 Å². The fraction of sp³-hybridized carbons (Fsp3) is 0.133. The zero-order chi connectivity index (χ0) is 27.7. The number of carboxylic acids is 1. The molecular weight excluding hydrogens is 514 g/mol. The highest BCUT2D eigenvalue weighted by molar-refractivity contribution is 6.08. The van der Waals surface area contributed by atoms with E-state index in [0.717, 1.165) is 33.3 Å². The molecule has 3 aromatic carbocycles. The molecule has 4 aromatic rings. The summed E-state index contributed by atoms with van der Waals surface area (Å²) in [6.07, 6.45) is 1.24. The lowest BCUT2D eigenvalue weighted by molar-refractivity contribution is -0.384. The summed E-state index contributed by atoms with van der Waals surface area (Å²) >= 11 is 0. The molecule has 2 heterocycles. The van der Waals surface area contributed by atoms with Gasteiger partial charge in [0.25, 0.3) is 17.5 Å². The van der Waals surface area contributed by atoms with Crippen LogP contribution in [-0.4, -0.2) is 39.0 Å². The third-order valence-corrected chi connectivity index (χ3v) is 8.06. The van der Waals surface area contributed by atoms with E-state index in [1.807, 2.05) is 48.5 Å². The van der Waals surface area contributed by atoms with Crippen molar-refractivity contribution < 1.29 is 28.8 Å². The maximum Gasteiger partial charge on any atom is 0.336 e. The molecule has 8 rings (SSSR count). The van der Waals surface area contributed by atoms with E-state index in [4.69, 9.17) is 4.42 Å². The molecule has 3 aliphatic carbocycles. The Kier molecular flexibility index (Phi) is 5.08. The van der Waals surface area contributed by atoms with Crippen LogP contribution in [0.2, 0.25) is 0 Å². The molecule has 10 heteroatoms. The van der Waals surface area contributed by atoms with Gasteiger partial charge in [-0.2, -0.15) is 10.1 Å². The first-order valence-corrected chi connectivity index (χ1v) is 12.6. The molecule has 10 nitrogen and oxygen atoms in total. The van der Waals surface area contributed by atoms with Gasteiger partial charge in [-0.15, -0.1) is 0 Å². The maximum atomic E-state index is 13.7. The summed E-state index contributed by atoms with van der Waals surface area (Å²) < 4.78 is 5.73. The fourth-order valence-electron chi connectivity index (χ4n) is 6.49. The highest BCUT2D eigenvalue weighted by atomic mass is 16.6. The number of carbonyl (C=O) groups is 3.